The van der Waals surface area contributed by atoms with Gasteiger partial charge >= 0.3 is 5.97 Å². The Morgan fingerprint density at radius 1 is 1.14 bits per heavy atom. The van der Waals surface area contributed by atoms with Crippen LogP contribution in [0.15, 0.2) is 59.0 Å². The summed E-state index contributed by atoms with van der Waals surface area (Å²) in [4.78, 5) is 16.9. The van der Waals surface area contributed by atoms with E-state index in [4.69, 9.17) is 20.8 Å². The lowest BCUT2D eigenvalue weighted by molar-refractivity contribution is 0.0282. The number of nitrogens with zero attached hydrogens (tertiary/aromatic N) is 3. The van der Waals surface area contributed by atoms with Gasteiger partial charge in [-0.05, 0) is 43.3 Å². The predicted molar refractivity (Wildman–Crippen MR) is 100 cm³/mol. The molecule has 2 heterocycles. The van der Waals surface area contributed by atoms with Crippen LogP contribution < -0.4 is 0 Å². The van der Waals surface area contributed by atoms with Gasteiger partial charge in [0.15, 0.2) is 6.10 Å². The molecule has 0 amide bonds. The molecule has 0 fully saturated rings. The van der Waals surface area contributed by atoms with Crippen molar-refractivity contribution in [2.75, 3.05) is 0 Å². The smallest absolute Gasteiger partial charge is 0.339 e. The Morgan fingerprint density at radius 2 is 1.89 bits per heavy atom. The molecule has 28 heavy (non-hydrogen) atoms. The molecule has 4 aromatic rings. The highest BCUT2D eigenvalue weighted by atomic mass is 35.5. The third-order valence-corrected chi connectivity index (χ3v) is 4.26. The van der Waals surface area contributed by atoms with Crippen LogP contribution in [0.5, 0.6) is 0 Å². The van der Waals surface area contributed by atoms with Crippen LogP contribution in [0.1, 0.15) is 29.3 Å². The van der Waals surface area contributed by atoms with Gasteiger partial charge in [0.05, 0.1) is 11.1 Å². The van der Waals surface area contributed by atoms with Gasteiger partial charge in [-0.3, -0.25) is 0 Å². The summed E-state index contributed by atoms with van der Waals surface area (Å²) in [5.74, 6) is -0.629. The van der Waals surface area contributed by atoms with Gasteiger partial charge in [0.1, 0.15) is 11.0 Å². The van der Waals surface area contributed by atoms with Crippen molar-refractivity contribution in [3.05, 3.63) is 77.0 Å². The number of fused-ring (bicyclic) bond motifs is 1. The minimum Gasteiger partial charge on any atom is -0.449 e. The first-order valence-corrected chi connectivity index (χ1v) is 8.74. The molecule has 0 aliphatic carbocycles. The highest BCUT2D eigenvalue weighted by molar-refractivity contribution is 6.30. The van der Waals surface area contributed by atoms with Crippen LogP contribution in [0.2, 0.25) is 5.15 Å². The molecule has 0 radical (unpaired) electrons. The zero-order valence-corrected chi connectivity index (χ0v) is 15.4. The lowest BCUT2D eigenvalue weighted by Gasteiger charge is -2.11. The van der Waals surface area contributed by atoms with E-state index in [0.717, 1.165) is 0 Å². The maximum Gasteiger partial charge on any atom is 0.339 e. The van der Waals surface area contributed by atoms with Gasteiger partial charge in [-0.15, -0.1) is 10.2 Å². The molecule has 0 N–H and O–H groups in total. The molecule has 0 aliphatic heterocycles. The molecule has 0 bridgehead atoms. The summed E-state index contributed by atoms with van der Waals surface area (Å²) in [6, 6.07) is 14.2. The number of pyridine rings is 1. The number of esters is 1. The number of aromatic nitrogens is 3. The highest BCUT2D eigenvalue weighted by Crippen LogP contribution is 2.26. The molecule has 0 spiro atoms. The van der Waals surface area contributed by atoms with E-state index < -0.39 is 12.1 Å². The van der Waals surface area contributed by atoms with Crippen molar-refractivity contribution >= 4 is 28.5 Å². The van der Waals surface area contributed by atoms with Crippen molar-refractivity contribution in [3.63, 3.8) is 0 Å². The highest BCUT2D eigenvalue weighted by Gasteiger charge is 2.22. The Morgan fingerprint density at radius 3 is 2.68 bits per heavy atom. The minimum absolute atomic E-state index is 0.122. The maximum absolute atomic E-state index is 13.0. The molecule has 8 heteroatoms. The topological polar surface area (TPSA) is 78.1 Å². The number of ether oxygens (including phenoxy) is 1. The van der Waals surface area contributed by atoms with E-state index in [1.54, 1.807) is 31.2 Å². The number of halogens is 2. The summed E-state index contributed by atoms with van der Waals surface area (Å²) < 4.78 is 24.1. The largest absolute Gasteiger partial charge is 0.449 e. The normalized spacial score (nSPS) is 12.1. The van der Waals surface area contributed by atoms with Gasteiger partial charge in [-0.2, -0.15) is 0 Å². The molecule has 6 nitrogen and oxygen atoms in total. The first kappa shape index (κ1) is 18.1. The van der Waals surface area contributed by atoms with E-state index in [2.05, 4.69) is 15.2 Å². The lowest BCUT2D eigenvalue weighted by Crippen LogP contribution is -2.10. The van der Waals surface area contributed by atoms with Crippen LogP contribution in [0, 0.1) is 5.82 Å². The molecule has 2 aromatic carbocycles. The van der Waals surface area contributed by atoms with E-state index >= 15 is 0 Å². The van der Waals surface area contributed by atoms with Crippen LogP contribution in [0.3, 0.4) is 0 Å². The van der Waals surface area contributed by atoms with E-state index in [0.29, 0.717) is 22.0 Å². The van der Waals surface area contributed by atoms with Gasteiger partial charge < -0.3 is 9.15 Å². The lowest BCUT2D eigenvalue weighted by atomic mass is 10.1. The molecule has 140 valence electrons. The fourth-order valence-corrected chi connectivity index (χ4v) is 2.89. The molecule has 2 aromatic heterocycles. The molecule has 4 rings (SSSR count). The van der Waals surface area contributed by atoms with Crippen molar-refractivity contribution in [1.82, 2.24) is 15.2 Å². The SMILES string of the molecule is C[C@@H](OC(=O)c1cc(Cl)nc2ccccc12)c1nnc(-c2ccc(F)cc2)o1. The standard InChI is InChI=1S/C20H13ClFN3O3/c1-11(18-24-25-19(28-18)12-6-8-13(22)9-7-12)27-20(26)15-10-17(21)23-16-5-3-2-4-14(15)16/h2-11H,1H3/t11-/m1/s1. The second-order valence-electron chi connectivity index (χ2n) is 6.01. The number of hydrogen-bond acceptors (Lipinski definition) is 6. The summed E-state index contributed by atoms with van der Waals surface area (Å²) in [5.41, 5.74) is 1.44. The monoisotopic (exact) mass is 397 g/mol. The first-order chi connectivity index (χ1) is 13.5. The van der Waals surface area contributed by atoms with Gasteiger partial charge in [0.2, 0.25) is 5.89 Å². The van der Waals surface area contributed by atoms with Gasteiger partial charge in [-0.1, -0.05) is 29.8 Å². The fourth-order valence-electron chi connectivity index (χ4n) is 2.69. The van der Waals surface area contributed by atoms with Gasteiger partial charge in [0.25, 0.3) is 5.89 Å². The fraction of sp³-hybridized carbons (Fsp3) is 0.100. The molecule has 0 unspecified atom stereocenters. The Hall–Kier alpha value is -3.32. The van der Waals surface area contributed by atoms with Crippen molar-refractivity contribution in [2.45, 2.75) is 13.0 Å². The Balaban J connectivity index is 1.57. The summed E-state index contributed by atoms with van der Waals surface area (Å²) in [5, 5.41) is 8.65. The second kappa shape index (κ2) is 7.36. The average Bonchev–Trinajstić information content (AvgIpc) is 3.18. The quantitative estimate of drug-likeness (QED) is 0.356. The van der Waals surface area contributed by atoms with E-state index in [9.17, 15) is 9.18 Å². The third-order valence-electron chi connectivity index (χ3n) is 4.07. The third kappa shape index (κ3) is 3.57. The van der Waals surface area contributed by atoms with Crippen LogP contribution in [0.4, 0.5) is 4.39 Å². The van der Waals surface area contributed by atoms with Crippen LogP contribution in [-0.4, -0.2) is 21.2 Å². The maximum atomic E-state index is 13.0. The molecule has 0 aliphatic rings. The summed E-state index contributed by atoms with van der Waals surface area (Å²) in [7, 11) is 0. The van der Waals surface area contributed by atoms with E-state index in [-0.39, 0.29) is 22.8 Å². The number of hydrogen-bond donors (Lipinski definition) is 0. The van der Waals surface area contributed by atoms with Crippen molar-refractivity contribution in [1.29, 1.82) is 0 Å². The number of rotatable bonds is 4. The van der Waals surface area contributed by atoms with Crippen LogP contribution in [0.25, 0.3) is 22.4 Å². The number of carbonyl (C=O) groups is 1. The zero-order valence-electron chi connectivity index (χ0n) is 14.6. The zero-order chi connectivity index (χ0) is 19.7. The predicted octanol–water partition coefficient (Wildman–Crippen LogP) is 5.00. The molecule has 0 saturated heterocycles. The van der Waals surface area contributed by atoms with Crippen molar-refractivity contribution in [3.8, 4) is 11.5 Å². The Labute approximate surface area is 163 Å². The van der Waals surface area contributed by atoms with Crippen LogP contribution >= 0.6 is 11.6 Å². The second-order valence-corrected chi connectivity index (χ2v) is 6.40. The van der Waals surface area contributed by atoms with Gasteiger partial charge in [-0.25, -0.2) is 14.2 Å². The first-order valence-electron chi connectivity index (χ1n) is 8.37. The Kier molecular flexibility index (Phi) is 4.75. The summed E-state index contributed by atoms with van der Waals surface area (Å²) in [6.45, 7) is 1.62. The van der Waals surface area contributed by atoms with Crippen molar-refractivity contribution in [2.24, 2.45) is 0 Å². The summed E-state index contributed by atoms with van der Waals surface area (Å²) in [6.07, 6.45) is -0.792. The minimum atomic E-state index is -0.792. The molecule has 1 atom stereocenters. The number of para-hydroxylation sites is 1. The Bertz CT molecular complexity index is 1160. The molecular formula is C20H13ClFN3O3. The molecular weight excluding hydrogens is 385 g/mol. The van der Waals surface area contributed by atoms with E-state index in [1.165, 1.54) is 30.3 Å². The van der Waals surface area contributed by atoms with Crippen molar-refractivity contribution < 1.29 is 18.3 Å². The van der Waals surface area contributed by atoms with Gasteiger partial charge in [0, 0.05) is 10.9 Å². The van der Waals surface area contributed by atoms with Crippen LogP contribution in [-0.2, 0) is 4.74 Å². The average molecular weight is 398 g/mol. The molecule has 0 saturated carbocycles. The summed E-state index contributed by atoms with van der Waals surface area (Å²) >= 11 is 6.02. The number of benzene rings is 2. The number of carbonyl (C=O) groups excluding carboxylic acids is 1. The van der Waals surface area contributed by atoms with E-state index in [1.807, 2.05) is 0 Å².